The second-order valence-electron chi connectivity index (χ2n) is 3.27. The molecule has 0 aliphatic carbocycles. The van der Waals surface area contributed by atoms with Gasteiger partial charge in [0.15, 0.2) is 0 Å². The number of aromatic nitrogens is 4. The van der Waals surface area contributed by atoms with Gasteiger partial charge in [-0.05, 0) is 13.0 Å². The molecular formula is C10H11ClN4. The van der Waals surface area contributed by atoms with E-state index in [0.717, 1.165) is 17.2 Å². The quantitative estimate of drug-likeness (QED) is 0.744. The van der Waals surface area contributed by atoms with Gasteiger partial charge in [-0.3, -0.25) is 0 Å². The average molecular weight is 223 g/mol. The number of alkyl halides is 1. The van der Waals surface area contributed by atoms with Crippen LogP contribution >= 0.6 is 11.6 Å². The summed E-state index contributed by atoms with van der Waals surface area (Å²) in [5.41, 5.74) is 1.85. The molecule has 2 aromatic heterocycles. The monoisotopic (exact) mass is 222 g/mol. The van der Waals surface area contributed by atoms with Crippen molar-refractivity contribution in [3.8, 4) is 0 Å². The van der Waals surface area contributed by atoms with Crippen molar-refractivity contribution in [3.05, 3.63) is 42.0 Å². The van der Waals surface area contributed by atoms with Crippen LogP contribution in [0.25, 0.3) is 0 Å². The van der Waals surface area contributed by atoms with Crippen molar-refractivity contribution in [1.29, 1.82) is 0 Å². The molecule has 0 saturated heterocycles. The lowest BCUT2D eigenvalue weighted by Crippen LogP contribution is -2.01. The summed E-state index contributed by atoms with van der Waals surface area (Å²) in [7, 11) is 0. The van der Waals surface area contributed by atoms with Crippen LogP contribution in [0.3, 0.4) is 0 Å². The average Bonchev–Trinajstić information content (AvgIpc) is 2.65. The molecule has 0 atom stereocenters. The van der Waals surface area contributed by atoms with Crippen molar-refractivity contribution in [2.24, 2.45) is 0 Å². The van der Waals surface area contributed by atoms with Crippen molar-refractivity contribution in [1.82, 2.24) is 19.5 Å². The Morgan fingerprint density at radius 3 is 2.87 bits per heavy atom. The molecule has 0 aliphatic rings. The summed E-state index contributed by atoms with van der Waals surface area (Å²) in [6, 6.07) is 1.90. The summed E-state index contributed by atoms with van der Waals surface area (Å²) < 4.78 is 1.96. The van der Waals surface area contributed by atoms with Crippen molar-refractivity contribution in [2.75, 3.05) is 0 Å². The Bertz CT molecular complexity index is 452. The van der Waals surface area contributed by atoms with Crippen LogP contribution in [0.4, 0.5) is 0 Å². The van der Waals surface area contributed by atoms with Crippen LogP contribution < -0.4 is 0 Å². The highest BCUT2D eigenvalue weighted by molar-refractivity contribution is 6.16. The molecule has 0 bridgehead atoms. The zero-order valence-corrected chi connectivity index (χ0v) is 9.15. The van der Waals surface area contributed by atoms with E-state index in [0.29, 0.717) is 12.4 Å². The van der Waals surface area contributed by atoms with E-state index < -0.39 is 0 Å². The molecule has 4 nitrogen and oxygen atoms in total. The Morgan fingerprint density at radius 2 is 2.20 bits per heavy atom. The van der Waals surface area contributed by atoms with Gasteiger partial charge in [0.05, 0.1) is 30.1 Å². The largest absolute Gasteiger partial charge is 0.331 e. The summed E-state index contributed by atoms with van der Waals surface area (Å²) in [6.07, 6.45) is 5.44. The van der Waals surface area contributed by atoms with Crippen LogP contribution in [0, 0.1) is 6.92 Å². The summed E-state index contributed by atoms with van der Waals surface area (Å²) in [5.74, 6) is 1.22. The molecule has 0 N–H and O–H groups in total. The zero-order chi connectivity index (χ0) is 10.7. The lowest BCUT2D eigenvalue weighted by atomic mass is 10.4. The van der Waals surface area contributed by atoms with E-state index in [9.17, 15) is 0 Å². The predicted octanol–water partition coefficient (Wildman–Crippen LogP) is 1.77. The van der Waals surface area contributed by atoms with Gasteiger partial charge in [-0.15, -0.1) is 11.6 Å². The Hall–Kier alpha value is -1.42. The van der Waals surface area contributed by atoms with E-state index in [4.69, 9.17) is 11.6 Å². The number of imidazole rings is 1. The second-order valence-corrected chi connectivity index (χ2v) is 3.53. The molecule has 0 unspecified atom stereocenters. The maximum atomic E-state index is 5.67. The molecule has 0 radical (unpaired) electrons. The lowest BCUT2D eigenvalue weighted by molar-refractivity contribution is 0.761. The number of halogens is 1. The summed E-state index contributed by atoms with van der Waals surface area (Å²) in [6.45, 7) is 2.58. The fraction of sp³-hybridized carbons (Fsp3) is 0.300. The Balaban J connectivity index is 2.14. The van der Waals surface area contributed by atoms with Gasteiger partial charge in [0.25, 0.3) is 0 Å². The first-order chi connectivity index (χ1) is 7.28. The van der Waals surface area contributed by atoms with Gasteiger partial charge in [-0.25, -0.2) is 15.0 Å². The van der Waals surface area contributed by atoms with E-state index in [-0.39, 0.29) is 0 Å². The van der Waals surface area contributed by atoms with Crippen LogP contribution in [0.1, 0.15) is 17.2 Å². The van der Waals surface area contributed by atoms with E-state index in [1.165, 1.54) is 0 Å². The molecule has 15 heavy (non-hydrogen) atoms. The van der Waals surface area contributed by atoms with Gasteiger partial charge >= 0.3 is 0 Å². The van der Waals surface area contributed by atoms with Gasteiger partial charge in [0, 0.05) is 12.4 Å². The Morgan fingerprint density at radius 1 is 1.33 bits per heavy atom. The van der Waals surface area contributed by atoms with E-state index in [1.807, 2.05) is 23.8 Å². The SMILES string of the molecule is Cc1nccc(Cn2cnc(CCl)c2)n1. The molecule has 0 amide bonds. The van der Waals surface area contributed by atoms with Crippen LogP contribution in [0.5, 0.6) is 0 Å². The predicted molar refractivity (Wildman–Crippen MR) is 57.7 cm³/mol. The molecule has 2 rings (SSSR count). The first kappa shape index (κ1) is 10.1. The van der Waals surface area contributed by atoms with Crippen molar-refractivity contribution < 1.29 is 0 Å². The van der Waals surface area contributed by atoms with Crippen LogP contribution in [-0.2, 0) is 12.4 Å². The van der Waals surface area contributed by atoms with Gasteiger partial charge in [-0.2, -0.15) is 0 Å². The first-order valence-corrected chi connectivity index (χ1v) is 5.16. The fourth-order valence-electron chi connectivity index (χ4n) is 1.34. The molecule has 0 fully saturated rings. The minimum absolute atomic E-state index is 0.440. The smallest absolute Gasteiger partial charge is 0.125 e. The first-order valence-electron chi connectivity index (χ1n) is 4.63. The molecule has 78 valence electrons. The minimum atomic E-state index is 0.440. The molecule has 0 aromatic carbocycles. The fourth-order valence-corrected chi connectivity index (χ4v) is 1.48. The van der Waals surface area contributed by atoms with Crippen molar-refractivity contribution in [3.63, 3.8) is 0 Å². The molecule has 2 heterocycles. The van der Waals surface area contributed by atoms with Crippen LogP contribution in [-0.4, -0.2) is 19.5 Å². The maximum absolute atomic E-state index is 5.67. The van der Waals surface area contributed by atoms with Gasteiger partial charge in [0.2, 0.25) is 0 Å². The number of hydrogen-bond donors (Lipinski definition) is 0. The molecule has 0 aliphatic heterocycles. The molecule has 2 aromatic rings. The van der Waals surface area contributed by atoms with Gasteiger partial charge < -0.3 is 4.57 Å². The summed E-state index contributed by atoms with van der Waals surface area (Å²) in [5, 5.41) is 0. The van der Waals surface area contributed by atoms with E-state index in [1.54, 1.807) is 12.5 Å². The highest BCUT2D eigenvalue weighted by atomic mass is 35.5. The normalized spacial score (nSPS) is 10.5. The third-order valence-electron chi connectivity index (χ3n) is 2.00. The van der Waals surface area contributed by atoms with E-state index >= 15 is 0 Å². The highest BCUT2D eigenvalue weighted by Gasteiger charge is 1.99. The number of nitrogens with zero attached hydrogens (tertiary/aromatic N) is 4. The molecular weight excluding hydrogens is 212 g/mol. The van der Waals surface area contributed by atoms with Crippen molar-refractivity contribution >= 4 is 11.6 Å². The van der Waals surface area contributed by atoms with E-state index in [2.05, 4.69) is 15.0 Å². The van der Waals surface area contributed by atoms with Crippen LogP contribution in [0.2, 0.25) is 0 Å². The number of rotatable bonds is 3. The Kier molecular flexibility index (Phi) is 2.97. The zero-order valence-electron chi connectivity index (χ0n) is 8.39. The third-order valence-corrected chi connectivity index (χ3v) is 2.28. The molecule has 5 heteroatoms. The number of aryl methyl sites for hydroxylation is 1. The summed E-state index contributed by atoms with van der Waals surface area (Å²) >= 11 is 5.67. The Labute approximate surface area is 93.0 Å². The van der Waals surface area contributed by atoms with Gasteiger partial charge in [0.1, 0.15) is 5.82 Å². The van der Waals surface area contributed by atoms with Crippen molar-refractivity contribution in [2.45, 2.75) is 19.3 Å². The third kappa shape index (κ3) is 2.53. The standard InChI is InChI=1S/C10H11ClN4/c1-8-12-3-2-9(14-8)5-15-6-10(4-11)13-7-15/h2-3,6-7H,4-5H2,1H3. The lowest BCUT2D eigenvalue weighted by Gasteiger charge is -2.01. The molecule has 0 spiro atoms. The summed E-state index contributed by atoms with van der Waals surface area (Å²) in [4.78, 5) is 12.5. The minimum Gasteiger partial charge on any atom is -0.331 e. The van der Waals surface area contributed by atoms with Gasteiger partial charge in [-0.1, -0.05) is 0 Å². The second kappa shape index (κ2) is 4.40. The topological polar surface area (TPSA) is 43.6 Å². The highest BCUT2D eigenvalue weighted by Crippen LogP contribution is 2.03. The number of hydrogen-bond acceptors (Lipinski definition) is 3. The molecule has 0 saturated carbocycles. The van der Waals surface area contributed by atoms with Crippen LogP contribution in [0.15, 0.2) is 24.8 Å². The maximum Gasteiger partial charge on any atom is 0.125 e.